The van der Waals surface area contributed by atoms with Crippen molar-refractivity contribution in [2.45, 2.75) is 51.4 Å². The zero-order valence-electron chi connectivity index (χ0n) is 12.8. The van der Waals surface area contributed by atoms with Crippen LogP contribution in [0.15, 0.2) is 24.3 Å². The van der Waals surface area contributed by atoms with Crippen molar-refractivity contribution in [1.82, 2.24) is 10.2 Å². The van der Waals surface area contributed by atoms with Gasteiger partial charge in [0.25, 0.3) is 0 Å². The van der Waals surface area contributed by atoms with Crippen LogP contribution in [0.2, 0.25) is 0 Å². The highest BCUT2D eigenvalue weighted by molar-refractivity contribution is 7.99. The molecule has 0 spiro atoms. The number of carbonyl (C=O) groups is 1. The van der Waals surface area contributed by atoms with Gasteiger partial charge in [0.05, 0.1) is 6.04 Å². The summed E-state index contributed by atoms with van der Waals surface area (Å²) in [6, 6.07) is 8.96. The van der Waals surface area contributed by atoms with Gasteiger partial charge >= 0.3 is 0 Å². The number of carbonyl (C=O) groups excluding carboxylic acids is 1. The number of nitrogens with zero attached hydrogens (tertiary/aromatic N) is 1. The number of aryl methyl sites for hydroxylation is 1. The second-order valence-electron chi connectivity index (χ2n) is 6.03. The van der Waals surface area contributed by atoms with E-state index in [9.17, 15) is 4.79 Å². The van der Waals surface area contributed by atoms with E-state index < -0.39 is 0 Å². The van der Waals surface area contributed by atoms with Gasteiger partial charge < -0.3 is 4.90 Å². The molecule has 0 bridgehead atoms. The molecule has 0 aliphatic carbocycles. The largest absolute Gasteiger partial charge is 0.319 e. The Balaban J connectivity index is 1.88. The average molecular weight is 304 g/mol. The first kappa shape index (κ1) is 14.9. The molecule has 2 aliphatic rings. The maximum Gasteiger partial charge on any atom is 0.241 e. The van der Waals surface area contributed by atoms with Crippen molar-refractivity contribution in [3.63, 3.8) is 0 Å². The van der Waals surface area contributed by atoms with E-state index in [1.165, 1.54) is 22.6 Å². The van der Waals surface area contributed by atoms with E-state index in [4.69, 9.17) is 0 Å². The molecule has 0 saturated carbocycles. The molecule has 2 saturated heterocycles. The molecule has 3 nitrogen and oxygen atoms in total. The second kappa shape index (κ2) is 6.41. The fraction of sp³-hybridized carbons (Fsp3) is 0.588. The van der Waals surface area contributed by atoms with E-state index in [1.54, 1.807) is 0 Å². The van der Waals surface area contributed by atoms with E-state index >= 15 is 0 Å². The number of hydrogen-bond acceptors (Lipinski definition) is 3. The third-order valence-electron chi connectivity index (χ3n) is 4.58. The summed E-state index contributed by atoms with van der Waals surface area (Å²) < 4.78 is 0. The molecule has 1 aromatic carbocycles. The van der Waals surface area contributed by atoms with E-state index in [0.29, 0.717) is 11.9 Å². The Bertz CT molecular complexity index is 496. The Morgan fingerprint density at radius 3 is 2.52 bits per heavy atom. The first-order chi connectivity index (χ1) is 10.2. The quantitative estimate of drug-likeness (QED) is 0.931. The molecule has 114 valence electrons. The Morgan fingerprint density at radius 2 is 1.90 bits per heavy atom. The molecule has 1 aromatic rings. The highest BCUT2D eigenvalue weighted by Crippen LogP contribution is 2.33. The summed E-state index contributed by atoms with van der Waals surface area (Å²) in [5.41, 5.74) is 2.47. The minimum absolute atomic E-state index is 0.0223. The van der Waals surface area contributed by atoms with Crippen LogP contribution in [0, 0.1) is 6.92 Å². The van der Waals surface area contributed by atoms with Gasteiger partial charge in [-0.05, 0) is 43.3 Å². The van der Waals surface area contributed by atoms with Crippen molar-refractivity contribution in [2.75, 3.05) is 11.5 Å². The van der Waals surface area contributed by atoms with Crippen molar-refractivity contribution in [2.24, 2.45) is 0 Å². The lowest BCUT2D eigenvalue weighted by Gasteiger charge is -2.35. The van der Waals surface area contributed by atoms with Crippen molar-refractivity contribution < 1.29 is 4.79 Å². The molecule has 2 atom stereocenters. The van der Waals surface area contributed by atoms with Crippen LogP contribution in [0.25, 0.3) is 0 Å². The van der Waals surface area contributed by atoms with Crippen molar-refractivity contribution in [1.29, 1.82) is 0 Å². The van der Waals surface area contributed by atoms with Gasteiger partial charge in [-0.15, -0.1) is 0 Å². The first-order valence-corrected chi connectivity index (χ1v) is 9.08. The number of benzene rings is 1. The molecule has 2 heterocycles. The minimum atomic E-state index is -0.0223. The molecule has 3 rings (SSSR count). The van der Waals surface area contributed by atoms with Crippen LogP contribution in [0.4, 0.5) is 0 Å². The predicted octanol–water partition coefficient (Wildman–Crippen LogP) is 3.10. The lowest BCUT2D eigenvalue weighted by Crippen LogP contribution is -2.42. The predicted molar refractivity (Wildman–Crippen MR) is 88.3 cm³/mol. The van der Waals surface area contributed by atoms with E-state index in [-0.39, 0.29) is 12.2 Å². The third kappa shape index (κ3) is 2.97. The standard InChI is InChI=1S/C17H24N2OS/c1-3-15-17(20)19(14-8-10-21-11-9-14)16(18-15)13-6-4-12(2)5-7-13/h4-7,14-16,18H,3,8-11H2,1-2H3. The van der Waals surface area contributed by atoms with Gasteiger partial charge in [-0.1, -0.05) is 36.8 Å². The zero-order valence-corrected chi connectivity index (χ0v) is 13.7. The molecule has 0 aromatic heterocycles. The van der Waals surface area contributed by atoms with Gasteiger partial charge in [-0.25, -0.2) is 0 Å². The van der Waals surface area contributed by atoms with Gasteiger partial charge in [0.1, 0.15) is 6.17 Å². The summed E-state index contributed by atoms with van der Waals surface area (Å²) in [6.45, 7) is 4.18. The highest BCUT2D eigenvalue weighted by atomic mass is 32.2. The molecular formula is C17H24N2OS. The fourth-order valence-corrected chi connectivity index (χ4v) is 4.38. The lowest BCUT2D eigenvalue weighted by molar-refractivity contribution is -0.132. The van der Waals surface area contributed by atoms with Gasteiger partial charge in [-0.3, -0.25) is 10.1 Å². The minimum Gasteiger partial charge on any atom is -0.319 e. The Kier molecular flexibility index (Phi) is 4.55. The SMILES string of the molecule is CCC1NC(c2ccc(C)cc2)N(C2CCSCC2)C1=O. The molecule has 1 N–H and O–H groups in total. The van der Waals surface area contributed by atoms with Crippen LogP contribution >= 0.6 is 11.8 Å². The van der Waals surface area contributed by atoms with Crippen molar-refractivity contribution >= 4 is 17.7 Å². The summed E-state index contributed by atoms with van der Waals surface area (Å²) in [4.78, 5) is 14.9. The molecule has 4 heteroatoms. The summed E-state index contributed by atoms with van der Waals surface area (Å²) in [6.07, 6.45) is 3.16. The van der Waals surface area contributed by atoms with Crippen LogP contribution in [0.1, 0.15) is 43.5 Å². The smallest absolute Gasteiger partial charge is 0.241 e. The maximum atomic E-state index is 12.7. The maximum absolute atomic E-state index is 12.7. The number of thioether (sulfide) groups is 1. The molecule has 0 radical (unpaired) electrons. The molecule has 1 amide bonds. The Hall–Kier alpha value is -1.00. The fourth-order valence-electron chi connectivity index (χ4n) is 3.30. The van der Waals surface area contributed by atoms with Crippen molar-refractivity contribution in [3.05, 3.63) is 35.4 Å². The van der Waals surface area contributed by atoms with Gasteiger partial charge in [0.2, 0.25) is 5.91 Å². The normalized spacial score (nSPS) is 27.3. The Morgan fingerprint density at radius 1 is 1.24 bits per heavy atom. The average Bonchev–Trinajstić information content (AvgIpc) is 2.85. The van der Waals surface area contributed by atoms with Crippen LogP contribution in [0.3, 0.4) is 0 Å². The van der Waals surface area contributed by atoms with E-state index in [0.717, 1.165) is 19.3 Å². The van der Waals surface area contributed by atoms with Gasteiger partial charge in [0, 0.05) is 6.04 Å². The molecule has 21 heavy (non-hydrogen) atoms. The van der Waals surface area contributed by atoms with Gasteiger partial charge in [-0.2, -0.15) is 11.8 Å². The monoisotopic (exact) mass is 304 g/mol. The van der Waals surface area contributed by atoms with Crippen LogP contribution in [0.5, 0.6) is 0 Å². The Labute approximate surface area is 131 Å². The number of nitrogens with one attached hydrogen (secondary N) is 1. The van der Waals surface area contributed by atoms with E-state index in [1.807, 2.05) is 11.8 Å². The zero-order chi connectivity index (χ0) is 14.8. The molecule has 2 fully saturated rings. The first-order valence-electron chi connectivity index (χ1n) is 7.93. The summed E-state index contributed by atoms with van der Waals surface area (Å²) >= 11 is 2.01. The van der Waals surface area contributed by atoms with Crippen molar-refractivity contribution in [3.8, 4) is 0 Å². The highest BCUT2D eigenvalue weighted by Gasteiger charge is 2.42. The number of amides is 1. The number of rotatable bonds is 3. The van der Waals surface area contributed by atoms with Crippen LogP contribution < -0.4 is 5.32 Å². The molecule has 2 unspecified atom stereocenters. The topological polar surface area (TPSA) is 32.3 Å². The molecule has 2 aliphatic heterocycles. The summed E-state index contributed by atoms with van der Waals surface area (Å²) in [5.74, 6) is 2.64. The van der Waals surface area contributed by atoms with E-state index in [2.05, 4.69) is 48.3 Å². The summed E-state index contributed by atoms with van der Waals surface area (Å²) in [7, 11) is 0. The number of hydrogen-bond donors (Lipinski definition) is 1. The molecular weight excluding hydrogens is 280 g/mol. The second-order valence-corrected chi connectivity index (χ2v) is 7.25. The van der Waals surface area contributed by atoms with Crippen LogP contribution in [-0.2, 0) is 4.79 Å². The van der Waals surface area contributed by atoms with Crippen LogP contribution in [-0.4, -0.2) is 34.4 Å². The lowest BCUT2D eigenvalue weighted by atomic mass is 10.1. The summed E-state index contributed by atoms with van der Waals surface area (Å²) in [5, 5.41) is 3.54. The third-order valence-corrected chi connectivity index (χ3v) is 5.62. The van der Waals surface area contributed by atoms with Gasteiger partial charge in [0.15, 0.2) is 0 Å².